The summed E-state index contributed by atoms with van der Waals surface area (Å²) in [5, 5.41) is 2.95. The number of hydrogen-bond donors (Lipinski definition) is 2. The van der Waals surface area contributed by atoms with Gasteiger partial charge in [-0.3, -0.25) is 4.79 Å². The summed E-state index contributed by atoms with van der Waals surface area (Å²) < 4.78 is 5.16. The molecule has 4 nitrogen and oxygen atoms in total. The van der Waals surface area contributed by atoms with Gasteiger partial charge in [0.1, 0.15) is 5.76 Å². The summed E-state index contributed by atoms with van der Waals surface area (Å²) >= 11 is 0. The Kier molecular flexibility index (Phi) is 4.55. The van der Waals surface area contributed by atoms with Gasteiger partial charge in [-0.05, 0) is 25.5 Å². The number of aryl methyl sites for hydroxylation is 1. The lowest BCUT2D eigenvalue weighted by atomic mass is 9.99. The van der Waals surface area contributed by atoms with Gasteiger partial charge in [0.25, 0.3) is 0 Å². The molecule has 0 aliphatic heterocycles. The molecule has 0 aliphatic carbocycles. The summed E-state index contributed by atoms with van der Waals surface area (Å²) in [6.45, 7) is 4.42. The summed E-state index contributed by atoms with van der Waals surface area (Å²) in [7, 11) is 0. The van der Waals surface area contributed by atoms with Crippen molar-refractivity contribution in [2.45, 2.75) is 38.6 Å². The van der Waals surface area contributed by atoms with Crippen molar-refractivity contribution in [2.24, 2.45) is 5.73 Å². The van der Waals surface area contributed by atoms with Crippen molar-refractivity contribution in [1.82, 2.24) is 5.32 Å². The molecule has 1 heterocycles. The molecular weight excluding hydrogens is 204 g/mol. The third-order valence-electron chi connectivity index (χ3n) is 2.85. The molecule has 0 bridgehead atoms. The standard InChI is InChI=1S/C12H20N2O2/c1-3-12(2,9-13)14-11(15)7-6-10-5-4-8-16-10/h4-5,8H,3,6-7,9,13H2,1-2H3,(H,14,15). The molecule has 0 radical (unpaired) electrons. The van der Waals surface area contributed by atoms with Crippen molar-refractivity contribution in [2.75, 3.05) is 6.54 Å². The number of amides is 1. The smallest absolute Gasteiger partial charge is 0.220 e. The fourth-order valence-electron chi connectivity index (χ4n) is 1.37. The maximum atomic E-state index is 11.7. The van der Waals surface area contributed by atoms with Crippen LogP contribution in [-0.4, -0.2) is 18.0 Å². The van der Waals surface area contributed by atoms with Gasteiger partial charge >= 0.3 is 0 Å². The second-order valence-electron chi connectivity index (χ2n) is 4.25. The van der Waals surface area contributed by atoms with Crippen LogP contribution in [0, 0.1) is 0 Å². The molecule has 1 amide bonds. The van der Waals surface area contributed by atoms with Crippen LogP contribution in [0.4, 0.5) is 0 Å². The van der Waals surface area contributed by atoms with E-state index in [1.807, 2.05) is 26.0 Å². The van der Waals surface area contributed by atoms with E-state index in [0.29, 0.717) is 19.4 Å². The second kappa shape index (κ2) is 5.70. The van der Waals surface area contributed by atoms with Crippen LogP contribution < -0.4 is 11.1 Å². The Bertz CT molecular complexity index is 316. The maximum Gasteiger partial charge on any atom is 0.220 e. The highest BCUT2D eigenvalue weighted by atomic mass is 16.3. The lowest BCUT2D eigenvalue weighted by Crippen LogP contribution is -2.50. The van der Waals surface area contributed by atoms with E-state index in [9.17, 15) is 4.79 Å². The number of furan rings is 1. The highest BCUT2D eigenvalue weighted by Crippen LogP contribution is 2.08. The molecule has 0 spiro atoms. The summed E-state index contributed by atoms with van der Waals surface area (Å²) in [6, 6.07) is 3.69. The van der Waals surface area contributed by atoms with Crippen LogP contribution in [0.5, 0.6) is 0 Å². The SMILES string of the molecule is CCC(C)(CN)NC(=O)CCc1ccco1. The average molecular weight is 224 g/mol. The third-order valence-corrected chi connectivity index (χ3v) is 2.85. The van der Waals surface area contributed by atoms with Crippen molar-refractivity contribution >= 4 is 5.91 Å². The molecule has 0 fully saturated rings. The van der Waals surface area contributed by atoms with Gasteiger partial charge in [-0.2, -0.15) is 0 Å². The fraction of sp³-hybridized carbons (Fsp3) is 0.583. The molecule has 1 aromatic heterocycles. The van der Waals surface area contributed by atoms with Crippen molar-refractivity contribution in [1.29, 1.82) is 0 Å². The third kappa shape index (κ3) is 3.70. The van der Waals surface area contributed by atoms with Crippen LogP contribution in [0.1, 0.15) is 32.4 Å². The van der Waals surface area contributed by atoms with E-state index in [-0.39, 0.29) is 11.4 Å². The first-order chi connectivity index (χ1) is 7.59. The van der Waals surface area contributed by atoms with E-state index >= 15 is 0 Å². The molecule has 0 saturated heterocycles. The molecule has 1 unspecified atom stereocenters. The number of carbonyl (C=O) groups is 1. The molecule has 16 heavy (non-hydrogen) atoms. The Morgan fingerprint density at radius 1 is 1.62 bits per heavy atom. The Morgan fingerprint density at radius 2 is 2.38 bits per heavy atom. The normalized spacial score (nSPS) is 14.4. The Morgan fingerprint density at radius 3 is 2.88 bits per heavy atom. The highest BCUT2D eigenvalue weighted by Gasteiger charge is 2.21. The summed E-state index contributed by atoms with van der Waals surface area (Å²) in [5.74, 6) is 0.854. The first-order valence-corrected chi connectivity index (χ1v) is 5.63. The first kappa shape index (κ1) is 12.8. The zero-order valence-corrected chi connectivity index (χ0v) is 9.95. The minimum atomic E-state index is -0.291. The number of hydrogen-bond acceptors (Lipinski definition) is 3. The van der Waals surface area contributed by atoms with Gasteiger partial charge in [-0.15, -0.1) is 0 Å². The van der Waals surface area contributed by atoms with Crippen molar-refractivity contribution < 1.29 is 9.21 Å². The van der Waals surface area contributed by atoms with Gasteiger partial charge < -0.3 is 15.5 Å². The van der Waals surface area contributed by atoms with Crippen LogP contribution >= 0.6 is 0 Å². The first-order valence-electron chi connectivity index (χ1n) is 5.63. The van der Waals surface area contributed by atoms with Gasteiger partial charge in [0.05, 0.1) is 6.26 Å². The topological polar surface area (TPSA) is 68.3 Å². The molecule has 1 atom stereocenters. The van der Waals surface area contributed by atoms with Gasteiger partial charge in [-0.1, -0.05) is 6.92 Å². The minimum absolute atomic E-state index is 0.0196. The summed E-state index contributed by atoms with van der Waals surface area (Å²) in [6.07, 6.45) is 3.51. The number of nitrogens with two attached hydrogens (primary N) is 1. The van der Waals surface area contributed by atoms with Crippen molar-refractivity contribution in [3.63, 3.8) is 0 Å². The molecule has 1 rings (SSSR count). The monoisotopic (exact) mass is 224 g/mol. The van der Waals surface area contributed by atoms with Crippen LogP contribution in [0.15, 0.2) is 22.8 Å². The quantitative estimate of drug-likeness (QED) is 0.768. The minimum Gasteiger partial charge on any atom is -0.469 e. The second-order valence-corrected chi connectivity index (χ2v) is 4.25. The predicted octanol–water partition coefficient (Wildman–Crippen LogP) is 1.46. The van der Waals surface area contributed by atoms with Gasteiger partial charge in [0.15, 0.2) is 0 Å². The van der Waals surface area contributed by atoms with Crippen LogP contribution in [-0.2, 0) is 11.2 Å². The lowest BCUT2D eigenvalue weighted by molar-refractivity contribution is -0.122. The van der Waals surface area contributed by atoms with Gasteiger partial charge in [0, 0.05) is 24.9 Å². The summed E-state index contributed by atoms with van der Waals surface area (Å²) in [4.78, 5) is 11.7. The molecule has 3 N–H and O–H groups in total. The number of rotatable bonds is 6. The Labute approximate surface area is 96.2 Å². The lowest BCUT2D eigenvalue weighted by Gasteiger charge is -2.27. The van der Waals surface area contributed by atoms with Gasteiger partial charge in [-0.25, -0.2) is 0 Å². The molecule has 4 heteroatoms. The van der Waals surface area contributed by atoms with E-state index in [4.69, 9.17) is 10.2 Å². The molecule has 90 valence electrons. The van der Waals surface area contributed by atoms with Crippen LogP contribution in [0.2, 0.25) is 0 Å². The van der Waals surface area contributed by atoms with Crippen LogP contribution in [0.25, 0.3) is 0 Å². The van der Waals surface area contributed by atoms with E-state index in [2.05, 4.69) is 5.32 Å². The molecule has 0 aromatic carbocycles. The molecular formula is C12H20N2O2. The average Bonchev–Trinajstić information content (AvgIpc) is 2.79. The van der Waals surface area contributed by atoms with Crippen LogP contribution in [0.3, 0.4) is 0 Å². The van der Waals surface area contributed by atoms with E-state index in [1.54, 1.807) is 6.26 Å². The van der Waals surface area contributed by atoms with E-state index < -0.39 is 0 Å². The molecule has 1 aromatic rings. The van der Waals surface area contributed by atoms with Gasteiger partial charge in [0.2, 0.25) is 5.91 Å². The largest absolute Gasteiger partial charge is 0.469 e. The predicted molar refractivity (Wildman–Crippen MR) is 62.9 cm³/mol. The van der Waals surface area contributed by atoms with Crippen molar-refractivity contribution in [3.8, 4) is 0 Å². The molecule has 0 aliphatic rings. The molecule has 0 saturated carbocycles. The highest BCUT2D eigenvalue weighted by molar-refractivity contribution is 5.76. The fourth-order valence-corrected chi connectivity index (χ4v) is 1.37. The zero-order valence-electron chi connectivity index (χ0n) is 9.95. The zero-order chi connectivity index (χ0) is 12.0. The maximum absolute atomic E-state index is 11.7. The Hall–Kier alpha value is -1.29. The summed E-state index contributed by atoms with van der Waals surface area (Å²) in [5.41, 5.74) is 5.33. The van der Waals surface area contributed by atoms with E-state index in [0.717, 1.165) is 12.2 Å². The van der Waals surface area contributed by atoms with E-state index in [1.165, 1.54) is 0 Å². The number of nitrogens with one attached hydrogen (secondary N) is 1. The van der Waals surface area contributed by atoms with Crippen molar-refractivity contribution in [3.05, 3.63) is 24.2 Å². The number of carbonyl (C=O) groups excluding carboxylic acids is 1. The Balaban J connectivity index is 2.36.